The highest BCUT2D eigenvalue weighted by atomic mass is 19.4. The maximum Gasteiger partial charge on any atom is 0.460 e. The molecule has 0 aromatic rings. The lowest BCUT2D eigenvalue weighted by Gasteiger charge is -2.45. The van der Waals surface area contributed by atoms with Crippen molar-refractivity contribution in [1.82, 2.24) is 0 Å². The Bertz CT molecular complexity index is 438. The molecule has 0 aromatic carbocycles. The van der Waals surface area contributed by atoms with Gasteiger partial charge >= 0.3 is 41.9 Å². The number of rotatable bonds is 4. The topological polar surface area (TPSA) is 9.23 Å². The first kappa shape index (κ1) is 22.9. The molecule has 0 aromatic heterocycles. The van der Waals surface area contributed by atoms with Crippen LogP contribution in [0, 0.1) is 0 Å². The van der Waals surface area contributed by atoms with Crippen molar-refractivity contribution in [1.29, 1.82) is 0 Å². The third kappa shape index (κ3) is 2.65. The maximum absolute atomic E-state index is 13.2. The van der Waals surface area contributed by atoms with Gasteiger partial charge in [0.05, 0.1) is 0 Å². The Morgan fingerprint density at radius 2 is 0.708 bits per heavy atom. The average Bonchev–Trinajstić information content (AvgIpc) is 2.23. The van der Waals surface area contributed by atoms with Crippen LogP contribution in [0.15, 0.2) is 0 Å². The molecule has 24 heavy (non-hydrogen) atoms. The van der Waals surface area contributed by atoms with Crippen LogP contribution in [0.25, 0.3) is 0 Å². The molecule has 0 N–H and O–H groups in total. The zero-order chi connectivity index (χ0) is 20.2. The summed E-state index contributed by atoms with van der Waals surface area (Å²) < 4.78 is 189. The first-order chi connectivity index (χ1) is 10.1. The van der Waals surface area contributed by atoms with Crippen molar-refractivity contribution in [2.75, 3.05) is 7.11 Å². The van der Waals surface area contributed by atoms with Crippen LogP contribution in [0.5, 0.6) is 0 Å². The molecule has 0 aliphatic carbocycles. The van der Waals surface area contributed by atoms with Crippen LogP contribution in [0.4, 0.5) is 65.9 Å². The summed E-state index contributed by atoms with van der Waals surface area (Å²) in [5.74, 6) is -24.2. The van der Waals surface area contributed by atoms with E-state index in [2.05, 4.69) is 4.74 Å². The van der Waals surface area contributed by atoms with Gasteiger partial charge in [0.25, 0.3) is 0 Å². The highest BCUT2D eigenvalue weighted by Crippen LogP contribution is 2.63. The second-order valence-corrected chi connectivity index (χ2v) is 4.10. The first-order valence-corrected chi connectivity index (χ1v) is 4.95. The molecule has 1 nitrogen and oxygen atoms in total. The number of hydrogen-bond donors (Lipinski definition) is 0. The van der Waals surface area contributed by atoms with Gasteiger partial charge in [-0.15, -0.1) is 0 Å². The highest BCUT2D eigenvalue weighted by molar-refractivity contribution is 5.16. The number of alkyl halides is 15. The van der Waals surface area contributed by atoms with Crippen molar-refractivity contribution in [3.63, 3.8) is 0 Å². The van der Waals surface area contributed by atoms with Gasteiger partial charge in [0.2, 0.25) is 0 Å². The van der Waals surface area contributed by atoms with Crippen LogP contribution in [0.3, 0.4) is 0 Å². The Labute approximate surface area is 121 Å². The van der Waals surface area contributed by atoms with Gasteiger partial charge in [-0.25, -0.2) is 0 Å². The van der Waals surface area contributed by atoms with E-state index in [0.29, 0.717) is 0 Å². The number of hydrogen-bond acceptors (Lipinski definition) is 1. The Kier molecular flexibility index (Phi) is 5.21. The second kappa shape index (κ2) is 5.45. The maximum atomic E-state index is 13.2. The van der Waals surface area contributed by atoms with E-state index < -0.39 is 49.0 Å². The minimum absolute atomic E-state index is 0.864. The van der Waals surface area contributed by atoms with Crippen LogP contribution < -0.4 is 0 Å². The molecule has 0 spiro atoms. The zero-order valence-electron chi connectivity index (χ0n) is 10.6. The van der Waals surface area contributed by atoms with Crippen molar-refractivity contribution in [2.45, 2.75) is 41.9 Å². The quantitative estimate of drug-likeness (QED) is 0.606. The highest BCUT2D eigenvalue weighted by Gasteiger charge is 2.95. The fourth-order valence-electron chi connectivity index (χ4n) is 1.47. The van der Waals surface area contributed by atoms with Gasteiger partial charge in [-0.3, -0.25) is 0 Å². The smallest absolute Gasteiger partial charge is 0.357 e. The lowest BCUT2D eigenvalue weighted by molar-refractivity contribution is -0.484. The molecule has 0 saturated carbocycles. The predicted molar refractivity (Wildman–Crippen MR) is 42.7 cm³/mol. The van der Waals surface area contributed by atoms with Gasteiger partial charge in [-0.05, 0) is 0 Å². The molecule has 0 saturated heterocycles. The molecule has 0 rings (SSSR count). The summed E-state index contributed by atoms with van der Waals surface area (Å²) in [5, 5.41) is 0. The van der Waals surface area contributed by atoms with Gasteiger partial charge in [-0.2, -0.15) is 65.9 Å². The minimum atomic E-state index is -8.18. The Hall–Kier alpha value is -1.09. The number of halogens is 15. The minimum Gasteiger partial charge on any atom is -0.357 e. The fourth-order valence-corrected chi connectivity index (χ4v) is 1.47. The van der Waals surface area contributed by atoms with Gasteiger partial charge in [0.15, 0.2) is 0 Å². The normalized spacial score (nSPS) is 16.5. The van der Waals surface area contributed by atoms with Crippen molar-refractivity contribution in [3.8, 4) is 0 Å². The molecule has 0 bridgehead atoms. The standard InChI is InChI=1S/C8H3F15O/c1-24-2(6(15,16)17,7(18,19)20)3(9,10)4(11,12)5(13,14)8(21,22)23/h1H3. The summed E-state index contributed by atoms with van der Waals surface area (Å²) in [6, 6.07) is 0. The largest absolute Gasteiger partial charge is 0.460 e. The lowest BCUT2D eigenvalue weighted by atomic mass is 9.85. The van der Waals surface area contributed by atoms with E-state index in [1.165, 1.54) is 0 Å². The predicted octanol–water partition coefficient (Wildman–Crippen LogP) is 4.96. The summed E-state index contributed by atoms with van der Waals surface area (Å²) in [4.78, 5) is 0. The first-order valence-electron chi connectivity index (χ1n) is 4.95. The number of ether oxygens (including phenoxy) is 1. The zero-order valence-corrected chi connectivity index (χ0v) is 10.6. The lowest BCUT2D eigenvalue weighted by Crippen LogP contribution is -2.77. The molecule has 146 valence electrons. The van der Waals surface area contributed by atoms with Crippen LogP contribution >= 0.6 is 0 Å². The molecular formula is C8H3F15O. The molecular weight excluding hydrogens is 397 g/mol. The van der Waals surface area contributed by atoms with E-state index >= 15 is 0 Å². The van der Waals surface area contributed by atoms with Crippen LogP contribution in [-0.4, -0.2) is 49.0 Å². The Morgan fingerprint density at radius 1 is 0.417 bits per heavy atom. The van der Waals surface area contributed by atoms with E-state index in [-0.39, 0.29) is 0 Å². The molecule has 0 heterocycles. The van der Waals surface area contributed by atoms with E-state index in [4.69, 9.17) is 0 Å². The monoisotopic (exact) mass is 400 g/mol. The third-order valence-corrected chi connectivity index (χ3v) is 2.69. The van der Waals surface area contributed by atoms with Gasteiger partial charge in [-0.1, -0.05) is 0 Å². The fraction of sp³-hybridized carbons (Fsp3) is 1.00. The third-order valence-electron chi connectivity index (χ3n) is 2.69. The molecule has 0 fully saturated rings. The van der Waals surface area contributed by atoms with E-state index in [0.717, 1.165) is 0 Å². The van der Waals surface area contributed by atoms with E-state index in [1.54, 1.807) is 0 Å². The molecule has 0 atom stereocenters. The summed E-state index contributed by atoms with van der Waals surface area (Å²) in [5.41, 5.74) is -7.34. The molecule has 0 unspecified atom stereocenters. The molecule has 0 amide bonds. The average molecular weight is 400 g/mol. The van der Waals surface area contributed by atoms with Crippen molar-refractivity contribution in [2.24, 2.45) is 0 Å². The van der Waals surface area contributed by atoms with Gasteiger partial charge in [0, 0.05) is 7.11 Å². The number of methoxy groups -OCH3 is 1. The SMILES string of the molecule is COC(C(F)(F)F)(C(F)(F)F)C(F)(F)C(F)(F)C(F)(F)C(F)(F)F. The summed E-state index contributed by atoms with van der Waals surface area (Å²) in [6.45, 7) is 0. The van der Waals surface area contributed by atoms with Crippen LogP contribution in [0.2, 0.25) is 0 Å². The van der Waals surface area contributed by atoms with E-state index in [9.17, 15) is 65.9 Å². The van der Waals surface area contributed by atoms with E-state index in [1.807, 2.05) is 0 Å². The Morgan fingerprint density at radius 3 is 0.875 bits per heavy atom. The van der Waals surface area contributed by atoms with Crippen LogP contribution in [-0.2, 0) is 4.74 Å². The van der Waals surface area contributed by atoms with Crippen LogP contribution in [0.1, 0.15) is 0 Å². The summed E-state index contributed by atoms with van der Waals surface area (Å²) >= 11 is 0. The molecule has 16 heteroatoms. The molecule has 0 aliphatic heterocycles. The van der Waals surface area contributed by atoms with Crippen molar-refractivity contribution < 1.29 is 70.6 Å². The summed E-state index contributed by atoms with van der Waals surface area (Å²) in [7, 11) is -0.864. The molecule has 0 aliphatic rings. The molecule has 0 radical (unpaired) electrons. The second-order valence-electron chi connectivity index (χ2n) is 4.10. The van der Waals surface area contributed by atoms with Crippen molar-refractivity contribution >= 4 is 0 Å². The Balaban J connectivity index is 6.85. The summed E-state index contributed by atoms with van der Waals surface area (Å²) in [6.07, 6.45) is -22.7. The van der Waals surface area contributed by atoms with Crippen molar-refractivity contribution in [3.05, 3.63) is 0 Å². The van der Waals surface area contributed by atoms with Gasteiger partial charge in [0.1, 0.15) is 0 Å². The van der Waals surface area contributed by atoms with Gasteiger partial charge < -0.3 is 4.74 Å².